The van der Waals surface area contributed by atoms with Crippen molar-refractivity contribution in [2.24, 2.45) is 5.73 Å². The molecule has 0 fully saturated rings. The minimum absolute atomic E-state index is 0.272. The predicted molar refractivity (Wildman–Crippen MR) is 68.5 cm³/mol. The van der Waals surface area contributed by atoms with Crippen LogP contribution in [0.1, 0.15) is 19.4 Å². The summed E-state index contributed by atoms with van der Waals surface area (Å²) in [6.07, 6.45) is 1.75. The van der Waals surface area contributed by atoms with Crippen LogP contribution >= 0.6 is 0 Å². The van der Waals surface area contributed by atoms with Gasteiger partial charge < -0.3 is 11.1 Å². The van der Waals surface area contributed by atoms with Crippen molar-refractivity contribution in [2.45, 2.75) is 26.4 Å². The highest BCUT2D eigenvalue weighted by Gasteiger charge is 2.12. The molecule has 0 bridgehead atoms. The zero-order valence-electron chi connectivity index (χ0n) is 10.6. The molecule has 5 heteroatoms. The summed E-state index contributed by atoms with van der Waals surface area (Å²) in [5.74, 6) is 0.520. The average molecular weight is 236 g/mol. The smallest absolute Gasteiger partial charge is 0.231 e. The molecular weight excluding hydrogens is 216 g/mol. The van der Waals surface area contributed by atoms with Crippen molar-refractivity contribution in [2.75, 3.05) is 18.9 Å². The largest absolute Gasteiger partial charge is 0.373 e. The number of primary amides is 1. The van der Waals surface area contributed by atoms with E-state index in [2.05, 4.69) is 10.3 Å². The summed E-state index contributed by atoms with van der Waals surface area (Å²) < 4.78 is 0. The number of nitrogens with zero attached hydrogens (tertiary/aromatic N) is 2. The number of aromatic nitrogens is 1. The summed E-state index contributed by atoms with van der Waals surface area (Å²) in [6.45, 7) is 5.05. The van der Waals surface area contributed by atoms with E-state index < -0.39 is 0 Å². The van der Waals surface area contributed by atoms with Crippen LogP contribution in [0.3, 0.4) is 0 Å². The zero-order chi connectivity index (χ0) is 12.8. The number of hydrogen-bond acceptors (Lipinski definition) is 4. The van der Waals surface area contributed by atoms with Crippen molar-refractivity contribution >= 4 is 11.7 Å². The molecule has 0 atom stereocenters. The lowest BCUT2D eigenvalue weighted by Gasteiger charge is -2.25. The number of amides is 1. The van der Waals surface area contributed by atoms with Crippen LogP contribution in [-0.4, -0.2) is 35.4 Å². The summed E-state index contributed by atoms with van der Waals surface area (Å²) in [6, 6.07) is 4.18. The van der Waals surface area contributed by atoms with Crippen molar-refractivity contribution in [3.05, 3.63) is 23.9 Å². The number of nitrogens with one attached hydrogen (secondary N) is 1. The van der Waals surface area contributed by atoms with E-state index in [4.69, 9.17) is 5.73 Å². The van der Waals surface area contributed by atoms with Crippen LogP contribution in [0.25, 0.3) is 0 Å². The first kappa shape index (κ1) is 13.4. The summed E-state index contributed by atoms with van der Waals surface area (Å²) in [4.78, 5) is 17.2. The van der Waals surface area contributed by atoms with Gasteiger partial charge in [0.05, 0.1) is 6.54 Å². The lowest BCUT2D eigenvalue weighted by atomic mass is 10.2. The lowest BCUT2D eigenvalue weighted by Crippen LogP contribution is -2.37. The highest BCUT2D eigenvalue weighted by molar-refractivity contribution is 5.75. The molecule has 1 heterocycles. The molecule has 1 rings (SSSR count). The maximum absolute atomic E-state index is 11.0. The molecule has 0 radical (unpaired) electrons. The van der Waals surface area contributed by atoms with Gasteiger partial charge in [-0.25, -0.2) is 4.98 Å². The van der Waals surface area contributed by atoms with Gasteiger partial charge in [0.2, 0.25) is 5.91 Å². The van der Waals surface area contributed by atoms with Crippen molar-refractivity contribution < 1.29 is 4.79 Å². The Morgan fingerprint density at radius 1 is 1.59 bits per heavy atom. The second-order valence-corrected chi connectivity index (χ2v) is 4.26. The van der Waals surface area contributed by atoms with E-state index >= 15 is 0 Å². The molecule has 0 aliphatic carbocycles. The van der Waals surface area contributed by atoms with E-state index in [1.807, 2.05) is 37.9 Å². The number of carbonyl (C=O) groups excluding carboxylic acids is 1. The number of rotatable bonds is 6. The molecule has 3 N–H and O–H groups in total. The molecular formula is C12H20N4O. The second kappa shape index (κ2) is 6.20. The van der Waals surface area contributed by atoms with Gasteiger partial charge in [-0.3, -0.25) is 9.69 Å². The van der Waals surface area contributed by atoms with E-state index in [1.54, 1.807) is 6.20 Å². The molecule has 1 amide bonds. The van der Waals surface area contributed by atoms with Gasteiger partial charge in [-0.1, -0.05) is 0 Å². The quantitative estimate of drug-likeness (QED) is 0.767. The van der Waals surface area contributed by atoms with E-state index in [0.29, 0.717) is 6.54 Å². The Morgan fingerprint density at radius 2 is 2.29 bits per heavy atom. The van der Waals surface area contributed by atoms with Gasteiger partial charge in [-0.05, 0) is 31.5 Å². The molecule has 0 saturated heterocycles. The minimum atomic E-state index is -0.304. The Balaban J connectivity index is 2.74. The van der Waals surface area contributed by atoms with Crippen LogP contribution in [-0.2, 0) is 11.3 Å². The number of anilines is 1. The van der Waals surface area contributed by atoms with Gasteiger partial charge in [0.25, 0.3) is 0 Å². The first-order valence-corrected chi connectivity index (χ1v) is 5.68. The van der Waals surface area contributed by atoms with Gasteiger partial charge in [-0.15, -0.1) is 0 Å². The number of pyridine rings is 1. The Morgan fingerprint density at radius 3 is 2.82 bits per heavy atom. The standard InChI is InChI=1S/C12H20N4O/c1-9(2)16(8-11(13)17)7-10-4-5-15-12(6-10)14-3/h4-6,9H,7-8H2,1-3H3,(H2,13,17)(H,14,15). The molecule has 17 heavy (non-hydrogen) atoms. The molecule has 94 valence electrons. The van der Waals surface area contributed by atoms with Crippen LogP contribution in [0.4, 0.5) is 5.82 Å². The van der Waals surface area contributed by atoms with E-state index in [9.17, 15) is 4.79 Å². The lowest BCUT2D eigenvalue weighted by molar-refractivity contribution is -0.119. The third-order valence-corrected chi connectivity index (χ3v) is 2.56. The van der Waals surface area contributed by atoms with Crippen molar-refractivity contribution in [3.8, 4) is 0 Å². The van der Waals surface area contributed by atoms with Gasteiger partial charge in [0.1, 0.15) is 5.82 Å². The fraction of sp³-hybridized carbons (Fsp3) is 0.500. The Bertz CT molecular complexity index is 379. The van der Waals surface area contributed by atoms with E-state index in [-0.39, 0.29) is 18.5 Å². The zero-order valence-corrected chi connectivity index (χ0v) is 10.6. The fourth-order valence-corrected chi connectivity index (χ4v) is 1.57. The third-order valence-electron chi connectivity index (χ3n) is 2.56. The summed E-state index contributed by atoms with van der Waals surface area (Å²) in [5.41, 5.74) is 6.35. The minimum Gasteiger partial charge on any atom is -0.373 e. The van der Waals surface area contributed by atoms with Gasteiger partial charge in [0, 0.05) is 25.8 Å². The maximum atomic E-state index is 11.0. The van der Waals surface area contributed by atoms with Crippen LogP contribution in [0, 0.1) is 0 Å². The summed E-state index contributed by atoms with van der Waals surface area (Å²) >= 11 is 0. The Hall–Kier alpha value is -1.62. The first-order valence-electron chi connectivity index (χ1n) is 5.68. The second-order valence-electron chi connectivity index (χ2n) is 4.26. The van der Waals surface area contributed by atoms with Crippen LogP contribution in [0.2, 0.25) is 0 Å². The van der Waals surface area contributed by atoms with Crippen LogP contribution in [0.15, 0.2) is 18.3 Å². The highest BCUT2D eigenvalue weighted by Crippen LogP contribution is 2.10. The van der Waals surface area contributed by atoms with Crippen molar-refractivity contribution in [1.82, 2.24) is 9.88 Å². The average Bonchev–Trinajstić information content (AvgIpc) is 2.27. The molecule has 0 aliphatic heterocycles. The van der Waals surface area contributed by atoms with E-state index in [1.165, 1.54) is 0 Å². The molecule has 1 aromatic rings. The highest BCUT2D eigenvalue weighted by atomic mass is 16.1. The molecule has 0 aliphatic rings. The Kier molecular flexibility index (Phi) is 4.90. The summed E-state index contributed by atoms with van der Waals surface area (Å²) in [5, 5.41) is 2.99. The molecule has 1 aromatic heterocycles. The molecule has 0 saturated carbocycles. The first-order chi connectivity index (χ1) is 8.02. The van der Waals surface area contributed by atoms with Crippen molar-refractivity contribution in [1.29, 1.82) is 0 Å². The number of carbonyl (C=O) groups is 1. The van der Waals surface area contributed by atoms with Gasteiger partial charge >= 0.3 is 0 Å². The van der Waals surface area contributed by atoms with Crippen LogP contribution < -0.4 is 11.1 Å². The van der Waals surface area contributed by atoms with Gasteiger partial charge in [0.15, 0.2) is 0 Å². The molecule has 0 spiro atoms. The predicted octanol–water partition coefficient (Wildman–Crippen LogP) is 0.819. The SMILES string of the molecule is CNc1cc(CN(CC(N)=O)C(C)C)ccn1. The van der Waals surface area contributed by atoms with Crippen molar-refractivity contribution in [3.63, 3.8) is 0 Å². The maximum Gasteiger partial charge on any atom is 0.231 e. The fourth-order valence-electron chi connectivity index (χ4n) is 1.57. The molecule has 0 aromatic carbocycles. The van der Waals surface area contributed by atoms with Crippen LogP contribution in [0.5, 0.6) is 0 Å². The van der Waals surface area contributed by atoms with E-state index in [0.717, 1.165) is 11.4 Å². The summed E-state index contributed by atoms with van der Waals surface area (Å²) in [7, 11) is 1.83. The molecule has 0 unspecified atom stereocenters. The Labute approximate surface area is 102 Å². The van der Waals surface area contributed by atoms with Gasteiger partial charge in [-0.2, -0.15) is 0 Å². The molecule has 5 nitrogen and oxygen atoms in total. The normalized spacial score (nSPS) is 10.9. The number of nitrogens with two attached hydrogens (primary N) is 1. The monoisotopic (exact) mass is 236 g/mol. The topological polar surface area (TPSA) is 71.2 Å². The number of hydrogen-bond donors (Lipinski definition) is 2. The third kappa shape index (κ3) is 4.40.